The highest BCUT2D eigenvalue weighted by Crippen LogP contribution is 2.06. The Labute approximate surface area is 211 Å². The van der Waals surface area contributed by atoms with Crippen LogP contribution in [-0.2, 0) is 36.8 Å². The molecule has 0 aliphatic rings. The van der Waals surface area contributed by atoms with E-state index in [2.05, 4.69) is 25.9 Å². The van der Waals surface area contributed by atoms with Crippen LogP contribution in [-0.4, -0.2) is 85.2 Å². The van der Waals surface area contributed by atoms with E-state index in [9.17, 15) is 39.3 Å². The molecule has 0 bridgehead atoms. The van der Waals surface area contributed by atoms with Gasteiger partial charge in [-0.25, -0.2) is 9.78 Å². The maximum absolute atomic E-state index is 12.8. The second-order valence-electron chi connectivity index (χ2n) is 8.36. The quantitative estimate of drug-likeness (QED) is 0.136. The second kappa shape index (κ2) is 13.7. The molecule has 2 aromatic rings. The molecule has 2 rings (SSSR count). The molecular formula is C23H30N6O8. The minimum atomic E-state index is -1.64. The number of H-pyrrole nitrogens is 1. The first-order chi connectivity index (χ1) is 17.5. The Morgan fingerprint density at radius 2 is 1.59 bits per heavy atom. The van der Waals surface area contributed by atoms with Gasteiger partial charge in [0.15, 0.2) is 0 Å². The summed E-state index contributed by atoms with van der Waals surface area (Å²) in [5, 5.41) is 35.5. The average molecular weight is 519 g/mol. The number of aromatic nitrogens is 2. The molecule has 200 valence electrons. The number of nitrogens with zero attached hydrogens (tertiary/aromatic N) is 1. The van der Waals surface area contributed by atoms with Crippen LogP contribution in [0.4, 0.5) is 0 Å². The van der Waals surface area contributed by atoms with E-state index < -0.39 is 66.4 Å². The van der Waals surface area contributed by atoms with Gasteiger partial charge in [0, 0.05) is 24.7 Å². The summed E-state index contributed by atoms with van der Waals surface area (Å²) in [5.74, 6) is -5.68. The molecule has 1 aromatic carbocycles. The molecule has 14 nitrogen and oxygen atoms in total. The van der Waals surface area contributed by atoms with Gasteiger partial charge in [-0.1, -0.05) is 30.3 Å². The summed E-state index contributed by atoms with van der Waals surface area (Å²) in [5.41, 5.74) is 7.00. The predicted molar refractivity (Wildman–Crippen MR) is 128 cm³/mol. The number of carboxylic acids is 2. The standard InChI is InChI=1S/C23H30N6O8/c1-12(30)19(22(35)28-17(23(36)37)7-13-5-3-2-4-6-13)29-21(34)16(9-18(31)32)27-20(33)15(24)8-14-10-25-11-26-14/h2-6,10-12,15-17,19,30H,7-9,24H2,1H3,(H,25,26)(H,27,33)(H,28,35)(H,29,34)(H,31,32)(H,36,37). The lowest BCUT2D eigenvalue weighted by Crippen LogP contribution is -2.60. The molecular weight excluding hydrogens is 488 g/mol. The zero-order chi connectivity index (χ0) is 27.5. The molecule has 3 amide bonds. The number of carbonyl (C=O) groups excluding carboxylic acids is 3. The normalized spacial score (nSPS) is 14.9. The summed E-state index contributed by atoms with van der Waals surface area (Å²) in [7, 11) is 0. The van der Waals surface area contributed by atoms with Gasteiger partial charge in [-0.05, 0) is 12.5 Å². The lowest BCUT2D eigenvalue weighted by atomic mass is 10.0. The zero-order valence-electron chi connectivity index (χ0n) is 20.0. The molecule has 5 atom stereocenters. The number of hydrogen-bond donors (Lipinski definition) is 8. The Morgan fingerprint density at radius 1 is 0.946 bits per heavy atom. The van der Waals surface area contributed by atoms with Crippen molar-refractivity contribution in [1.29, 1.82) is 0 Å². The van der Waals surface area contributed by atoms with Gasteiger partial charge >= 0.3 is 11.9 Å². The first-order valence-corrected chi connectivity index (χ1v) is 11.3. The van der Waals surface area contributed by atoms with Crippen LogP contribution in [0.5, 0.6) is 0 Å². The number of hydrogen-bond acceptors (Lipinski definition) is 8. The third-order valence-corrected chi connectivity index (χ3v) is 5.30. The number of nitrogens with one attached hydrogen (secondary N) is 4. The number of aliphatic hydroxyl groups excluding tert-OH is 1. The van der Waals surface area contributed by atoms with Gasteiger partial charge in [-0.15, -0.1) is 0 Å². The van der Waals surface area contributed by atoms with Crippen molar-refractivity contribution in [2.24, 2.45) is 5.73 Å². The first-order valence-electron chi connectivity index (χ1n) is 11.3. The molecule has 0 saturated heterocycles. The number of rotatable bonds is 14. The summed E-state index contributed by atoms with van der Waals surface area (Å²) in [6, 6.07) is 2.70. The lowest BCUT2D eigenvalue weighted by Gasteiger charge is -2.26. The van der Waals surface area contributed by atoms with E-state index in [-0.39, 0.29) is 12.8 Å². The fourth-order valence-electron chi connectivity index (χ4n) is 3.36. The van der Waals surface area contributed by atoms with Crippen LogP contribution in [0.15, 0.2) is 42.9 Å². The molecule has 0 radical (unpaired) electrons. The smallest absolute Gasteiger partial charge is 0.326 e. The highest BCUT2D eigenvalue weighted by molar-refractivity contribution is 5.95. The van der Waals surface area contributed by atoms with Crippen LogP contribution in [0, 0.1) is 0 Å². The summed E-state index contributed by atoms with van der Waals surface area (Å²) in [6.45, 7) is 1.18. The summed E-state index contributed by atoms with van der Waals surface area (Å²) in [6.07, 6.45) is 0.477. The Morgan fingerprint density at radius 3 is 2.14 bits per heavy atom. The maximum atomic E-state index is 12.8. The highest BCUT2D eigenvalue weighted by atomic mass is 16.4. The van der Waals surface area contributed by atoms with Crippen LogP contribution >= 0.6 is 0 Å². The third kappa shape index (κ3) is 9.35. The zero-order valence-corrected chi connectivity index (χ0v) is 20.0. The molecule has 0 aliphatic carbocycles. The summed E-state index contributed by atoms with van der Waals surface area (Å²) in [4.78, 5) is 67.7. The molecule has 1 aromatic heterocycles. The molecule has 14 heteroatoms. The van der Waals surface area contributed by atoms with Crippen molar-refractivity contribution in [3.8, 4) is 0 Å². The molecule has 9 N–H and O–H groups in total. The minimum absolute atomic E-state index is 0.0317. The molecule has 0 fully saturated rings. The number of aliphatic carboxylic acids is 2. The average Bonchev–Trinajstić information content (AvgIpc) is 3.34. The first kappa shape index (κ1) is 28.9. The second-order valence-corrected chi connectivity index (χ2v) is 8.36. The van der Waals surface area contributed by atoms with E-state index in [0.717, 1.165) is 0 Å². The number of imidazole rings is 1. The monoisotopic (exact) mass is 518 g/mol. The van der Waals surface area contributed by atoms with E-state index in [1.807, 2.05) is 0 Å². The van der Waals surface area contributed by atoms with Crippen molar-refractivity contribution in [3.63, 3.8) is 0 Å². The largest absolute Gasteiger partial charge is 0.481 e. The number of carbonyl (C=O) groups is 5. The van der Waals surface area contributed by atoms with Crippen molar-refractivity contribution in [2.75, 3.05) is 0 Å². The molecule has 1 heterocycles. The number of carboxylic acid groups (broad SMARTS) is 2. The topological polar surface area (TPSA) is 237 Å². The van der Waals surface area contributed by atoms with E-state index in [0.29, 0.717) is 11.3 Å². The molecule has 37 heavy (non-hydrogen) atoms. The van der Waals surface area contributed by atoms with Gasteiger partial charge in [0.2, 0.25) is 17.7 Å². The number of amides is 3. The van der Waals surface area contributed by atoms with E-state index in [1.54, 1.807) is 30.3 Å². The summed E-state index contributed by atoms with van der Waals surface area (Å²) >= 11 is 0. The Bertz CT molecular complexity index is 1080. The van der Waals surface area contributed by atoms with Gasteiger partial charge < -0.3 is 42.0 Å². The van der Waals surface area contributed by atoms with Crippen molar-refractivity contribution < 1.29 is 39.3 Å². The van der Waals surface area contributed by atoms with Gasteiger partial charge in [0.05, 0.1) is 24.9 Å². The van der Waals surface area contributed by atoms with Crippen LogP contribution in [0.2, 0.25) is 0 Å². The number of aliphatic hydroxyl groups is 1. The van der Waals surface area contributed by atoms with Gasteiger partial charge in [-0.3, -0.25) is 19.2 Å². The third-order valence-electron chi connectivity index (χ3n) is 5.30. The lowest BCUT2D eigenvalue weighted by molar-refractivity contribution is -0.144. The molecule has 5 unspecified atom stereocenters. The van der Waals surface area contributed by atoms with Gasteiger partial charge in [0.25, 0.3) is 0 Å². The van der Waals surface area contributed by atoms with Crippen molar-refractivity contribution in [1.82, 2.24) is 25.9 Å². The van der Waals surface area contributed by atoms with E-state index in [4.69, 9.17) is 5.73 Å². The van der Waals surface area contributed by atoms with Crippen LogP contribution in [0.3, 0.4) is 0 Å². The molecule has 0 saturated carbocycles. The SMILES string of the molecule is CC(O)C(NC(=O)C(CC(=O)O)NC(=O)C(N)Cc1cnc[nH]1)C(=O)NC(Cc1ccccc1)C(=O)O. The Balaban J connectivity index is 2.09. The van der Waals surface area contributed by atoms with Crippen LogP contribution < -0.4 is 21.7 Å². The highest BCUT2D eigenvalue weighted by Gasteiger charge is 2.33. The van der Waals surface area contributed by atoms with Crippen molar-refractivity contribution in [3.05, 3.63) is 54.1 Å². The Kier molecular flexibility index (Phi) is 10.7. The van der Waals surface area contributed by atoms with Gasteiger partial charge in [0.1, 0.15) is 18.1 Å². The number of aromatic amines is 1. The Hall–Kier alpha value is -4.30. The summed E-state index contributed by atoms with van der Waals surface area (Å²) < 4.78 is 0. The van der Waals surface area contributed by atoms with Crippen molar-refractivity contribution >= 4 is 29.7 Å². The van der Waals surface area contributed by atoms with E-state index >= 15 is 0 Å². The maximum Gasteiger partial charge on any atom is 0.326 e. The van der Waals surface area contributed by atoms with E-state index in [1.165, 1.54) is 19.4 Å². The predicted octanol–water partition coefficient (Wildman–Crippen LogP) is -2.08. The fourth-order valence-corrected chi connectivity index (χ4v) is 3.36. The van der Waals surface area contributed by atoms with Crippen molar-refractivity contribution in [2.45, 2.75) is 56.5 Å². The number of nitrogens with two attached hydrogens (primary N) is 1. The van der Waals surface area contributed by atoms with Crippen LogP contribution in [0.25, 0.3) is 0 Å². The molecule has 0 aliphatic heterocycles. The van der Waals surface area contributed by atoms with Gasteiger partial charge in [-0.2, -0.15) is 0 Å². The van der Waals surface area contributed by atoms with Crippen LogP contribution in [0.1, 0.15) is 24.6 Å². The molecule has 0 spiro atoms. The fraction of sp³-hybridized carbons (Fsp3) is 0.391. The number of benzene rings is 1. The minimum Gasteiger partial charge on any atom is -0.481 e.